The number of Topliss-reactive ketones (excluding diaryl/α,β-unsaturated/α-hetero) is 1. The quantitative estimate of drug-likeness (QED) is 0.409. The lowest BCUT2D eigenvalue weighted by molar-refractivity contribution is -0.129. The SMILES string of the molecule is Cc1c(C(=O)C2=C(O)C(=O)N(CCCN(C)C)C2c2ccccn2)sc2nc3ccccc3n12. The lowest BCUT2D eigenvalue weighted by Crippen LogP contribution is -2.34. The topological polar surface area (TPSA) is 91.0 Å². The Morgan fingerprint density at radius 2 is 1.94 bits per heavy atom. The van der Waals surface area contributed by atoms with Crippen molar-refractivity contribution in [1.82, 2.24) is 24.2 Å². The molecule has 0 saturated carbocycles. The normalized spacial score (nSPS) is 16.5. The molecule has 0 spiro atoms. The number of para-hydroxylation sites is 2. The molecule has 0 bridgehead atoms. The van der Waals surface area contributed by atoms with Crippen molar-refractivity contribution in [2.75, 3.05) is 27.2 Å². The molecule has 0 saturated heterocycles. The van der Waals surface area contributed by atoms with Gasteiger partial charge in [-0.05, 0) is 58.3 Å². The summed E-state index contributed by atoms with van der Waals surface area (Å²) in [6.45, 7) is 3.04. The van der Waals surface area contributed by atoms with E-state index in [0.29, 0.717) is 28.5 Å². The van der Waals surface area contributed by atoms with Gasteiger partial charge in [-0.15, -0.1) is 0 Å². The Kier molecular flexibility index (Phi) is 5.66. The van der Waals surface area contributed by atoms with E-state index < -0.39 is 17.7 Å². The van der Waals surface area contributed by atoms with E-state index in [1.807, 2.05) is 60.7 Å². The Balaban J connectivity index is 1.58. The molecule has 0 fully saturated rings. The predicted molar refractivity (Wildman–Crippen MR) is 131 cm³/mol. The smallest absolute Gasteiger partial charge is 0.290 e. The van der Waals surface area contributed by atoms with Crippen molar-refractivity contribution in [3.63, 3.8) is 0 Å². The summed E-state index contributed by atoms with van der Waals surface area (Å²) >= 11 is 1.27. The molecule has 1 amide bonds. The number of aliphatic hydroxyl groups is 1. The van der Waals surface area contributed by atoms with Crippen LogP contribution in [0, 0.1) is 6.92 Å². The highest BCUT2D eigenvalue weighted by atomic mass is 32.1. The monoisotopic (exact) mass is 475 g/mol. The second-order valence-electron chi connectivity index (χ2n) is 8.64. The number of thiazole rings is 1. The van der Waals surface area contributed by atoms with Gasteiger partial charge in [0.15, 0.2) is 10.7 Å². The Labute approximate surface area is 200 Å². The Morgan fingerprint density at radius 1 is 1.18 bits per heavy atom. The number of ketones is 1. The van der Waals surface area contributed by atoms with Crippen LogP contribution in [-0.4, -0.2) is 68.2 Å². The molecular formula is C25H25N5O3S. The molecule has 1 N–H and O–H groups in total. The van der Waals surface area contributed by atoms with E-state index in [4.69, 9.17) is 0 Å². The predicted octanol–water partition coefficient (Wildman–Crippen LogP) is 3.78. The number of aliphatic hydroxyl groups excluding tert-OH is 1. The van der Waals surface area contributed by atoms with E-state index in [-0.39, 0.29) is 11.4 Å². The van der Waals surface area contributed by atoms with Crippen LogP contribution in [0.5, 0.6) is 0 Å². The van der Waals surface area contributed by atoms with Gasteiger partial charge in [-0.1, -0.05) is 29.5 Å². The zero-order valence-electron chi connectivity index (χ0n) is 19.2. The third kappa shape index (κ3) is 3.57. The zero-order valence-corrected chi connectivity index (χ0v) is 20.0. The second kappa shape index (κ2) is 8.66. The van der Waals surface area contributed by atoms with E-state index in [9.17, 15) is 14.7 Å². The molecular weight excluding hydrogens is 450 g/mol. The summed E-state index contributed by atoms with van der Waals surface area (Å²) in [6, 6.07) is 12.4. The van der Waals surface area contributed by atoms with Crippen LogP contribution in [0.15, 0.2) is 60.0 Å². The number of amides is 1. The average Bonchev–Trinajstić information content (AvgIpc) is 3.44. The Bertz CT molecular complexity index is 1440. The summed E-state index contributed by atoms with van der Waals surface area (Å²) in [5.41, 5.74) is 3.13. The summed E-state index contributed by atoms with van der Waals surface area (Å²) in [5.74, 6) is -1.41. The van der Waals surface area contributed by atoms with Gasteiger partial charge in [0.1, 0.15) is 6.04 Å². The van der Waals surface area contributed by atoms with Crippen LogP contribution < -0.4 is 0 Å². The van der Waals surface area contributed by atoms with Gasteiger partial charge in [0.2, 0.25) is 5.78 Å². The lowest BCUT2D eigenvalue weighted by atomic mass is 9.98. The number of fused-ring (bicyclic) bond motifs is 3. The molecule has 1 unspecified atom stereocenters. The minimum Gasteiger partial charge on any atom is -0.503 e. The highest BCUT2D eigenvalue weighted by Gasteiger charge is 2.45. The highest BCUT2D eigenvalue weighted by molar-refractivity contribution is 7.19. The summed E-state index contributed by atoms with van der Waals surface area (Å²) in [5, 5.41) is 10.9. The third-order valence-electron chi connectivity index (χ3n) is 6.11. The number of pyridine rings is 1. The third-order valence-corrected chi connectivity index (χ3v) is 7.26. The number of carbonyl (C=O) groups excluding carboxylic acids is 2. The molecule has 4 heterocycles. The summed E-state index contributed by atoms with van der Waals surface area (Å²) in [6.07, 6.45) is 2.33. The molecule has 1 aromatic carbocycles. The van der Waals surface area contributed by atoms with Gasteiger partial charge in [-0.3, -0.25) is 19.0 Å². The minimum absolute atomic E-state index is 0.0745. The number of nitrogens with zero attached hydrogens (tertiary/aromatic N) is 5. The van der Waals surface area contributed by atoms with Crippen LogP contribution in [0.25, 0.3) is 16.0 Å². The van der Waals surface area contributed by atoms with Crippen molar-refractivity contribution in [2.24, 2.45) is 0 Å². The zero-order chi connectivity index (χ0) is 24.0. The highest BCUT2D eigenvalue weighted by Crippen LogP contribution is 2.40. The van der Waals surface area contributed by atoms with Gasteiger partial charge < -0.3 is 14.9 Å². The molecule has 34 heavy (non-hydrogen) atoms. The van der Waals surface area contributed by atoms with Crippen molar-refractivity contribution in [2.45, 2.75) is 19.4 Å². The lowest BCUT2D eigenvalue weighted by Gasteiger charge is -2.26. The van der Waals surface area contributed by atoms with Gasteiger partial charge in [0.25, 0.3) is 5.91 Å². The van der Waals surface area contributed by atoms with E-state index in [2.05, 4.69) is 9.97 Å². The molecule has 5 rings (SSSR count). The van der Waals surface area contributed by atoms with Crippen LogP contribution in [0.3, 0.4) is 0 Å². The fourth-order valence-electron chi connectivity index (χ4n) is 4.51. The number of hydrogen-bond acceptors (Lipinski definition) is 7. The summed E-state index contributed by atoms with van der Waals surface area (Å²) < 4.78 is 1.95. The fraction of sp³-hybridized carbons (Fsp3) is 0.280. The van der Waals surface area contributed by atoms with Gasteiger partial charge >= 0.3 is 0 Å². The number of benzene rings is 1. The van der Waals surface area contributed by atoms with Crippen LogP contribution >= 0.6 is 11.3 Å². The Hall–Kier alpha value is -3.56. The Morgan fingerprint density at radius 3 is 2.68 bits per heavy atom. The van der Waals surface area contributed by atoms with Crippen LogP contribution in [0.4, 0.5) is 0 Å². The van der Waals surface area contributed by atoms with Gasteiger partial charge in [0, 0.05) is 18.4 Å². The average molecular weight is 476 g/mol. The van der Waals surface area contributed by atoms with Crippen molar-refractivity contribution in [3.8, 4) is 0 Å². The van der Waals surface area contributed by atoms with Crippen LogP contribution in [-0.2, 0) is 4.79 Å². The number of aryl methyl sites for hydroxylation is 1. The summed E-state index contributed by atoms with van der Waals surface area (Å²) in [4.78, 5) is 40.8. The van der Waals surface area contributed by atoms with Crippen LogP contribution in [0.1, 0.15) is 33.5 Å². The number of carbonyl (C=O) groups is 2. The minimum atomic E-state index is -0.742. The first-order valence-electron chi connectivity index (χ1n) is 11.1. The van der Waals surface area contributed by atoms with Crippen LogP contribution in [0.2, 0.25) is 0 Å². The van der Waals surface area contributed by atoms with E-state index in [0.717, 1.165) is 23.3 Å². The largest absolute Gasteiger partial charge is 0.503 e. The number of aromatic nitrogens is 3. The molecule has 1 atom stereocenters. The summed E-state index contributed by atoms with van der Waals surface area (Å²) in [7, 11) is 3.93. The van der Waals surface area contributed by atoms with E-state index in [1.54, 1.807) is 23.2 Å². The van der Waals surface area contributed by atoms with Crippen molar-refractivity contribution in [1.29, 1.82) is 0 Å². The number of imidazole rings is 1. The molecule has 1 aliphatic heterocycles. The molecule has 0 aliphatic carbocycles. The first-order chi connectivity index (χ1) is 16.4. The van der Waals surface area contributed by atoms with Crippen molar-refractivity contribution in [3.05, 3.63) is 76.3 Å². The number of hydrogen-bond donors (Lipinski definition) is 1. The van der Waals surface area contributed by atoms with E-state index in [1.165, 1.54) is 11.3 Å². The maximum Gasteiger partial charge on any atom is 0.290 e. The molecule has 9 heteroatoms. The van der Waals surface area contributed by atoms with Gasteiger partial charge in [0.05, 0.1) is 27.2 Å². The van der Waals surface area contributed by atoms with Gasteiger partial charge in [-0.25, -0.2) is 4.98 Å². The molecule has 3 aromatic heterocycles. The first-order valence-corrected chi connectivity index (χ1v) is 11.9. The fourth-order valence-corrected chi connectivity index (χ4v) is 5.61. The first kappa shape index (κ1) is 22.2. The maximum absolute atomic E-state index is 13.9. The van der Waals surface area contributed by atoms with Crippen molar-refractivity contribution < 1.29 is 14.7 Å². The van der Waals surface area contributed by atoms with Crippen molar-refractivity contribution >= 4 is 39.0 Å². The standard InChI is InChI=1S/C25H25N5O3S/c1-15-23(34-25-27-16-9-4-5-11-18(16)30(15)25)21(31)19-20(17-10-6-7-12-26-17)29(24(33)22(19)32)14-8-13-28(2)3/h4-7,9-12,20,32H,8,13-14H2,1-3H3. The molecule has 4 aromatic rings. The van der Waals surface area contributed by atoms with E-state index >= 15 is 0 Å². The molecule has 1 aliphatic rings. The molecule has 8 nitrogen and oxygen atoms in total. The maximum atomic E-state index is 13.9. The molecule has 174 valence electrons. The second-order valence-corrected chi connectivity index (χ2v) is 9.62. The molecule has 0 radical (unpaired) electrons. The van der Waals surface area contributed by atoms with Gasteiger partial charge in [-0.2, -0.15) is 0 Å². The number of rotatable bonds is 7.